The number of nitrogens with zero attached hydrogens (tertiary/aromatic N) is 2. The number of nitrogens with one attached hydrogen (secondary N) is 1. The number of hydrogen-bond acceptors (Lipinski definition) is 6. The number of furan rings is 1. The van der Waals surface area contributed by atoms with Crippen molar-refractivity contribution in [2.24, 2.45) is 0 Å². The summed E-state index contributed by atoms with van der Waals surface area (Å²) >= 11 is 0. The van der Waals surface area contributed by atoms with Gasteiger partial charge in [-0.1, -0.05) is 30.3 Å². The highest BCUT2D eigenvalue weighted by molar-refractivity contribution is 5.91. The Morgan fingerprint density at radius 3 is 2.56 bits per heavy atom. The molecule has 0 spiro atoms. The van der Waals surface area contributed by atoms with Crippen LogP contribution in [0.5, 0.6) is 0 Å². The maximum atomic E-state index is 12.2. The first-order valence-corrected chi connectivity index (χ1v) is 8.04. The predicted octanol–water partition coefficient (Wildman–Crippen LogP) is 1.99. The molecule has 1 aliphatic heterocycles. The second-order valence-corrected chi connectivity index (χ2v) is 5.68. The lowest BCUT2D eigenvalue weighted by Crippen LogP contribution is -2.43. The van der Waals surface area contributed by atoms with Crippen LogP contribution in [0.15, 0.2) is 46.9 Å². The van der Waals surface area contributed by atoms with Crippen LogP contribution >= 0.6 is 0 Å². The minimum absolute atomic E-state index is 0.000928. The zero-order valence-corrected chi connectivity index (χ0v) is 13.6. The van der Waals surface area contributed by atoms with Crippen molar-refractivity contribution in [2.45, 2.75) is 6.04 Å². The number of carbonyl (C=O) groups excluding carboxylic acids is 1. The molecule has 1 aliphatic rings. The van der Waals surface area contributed by atoms with Gasteiger partial charge in [0.25, 0.3) is 5.91 Å². The third kappa shape index (κ3) is 4.23. The van der Waals surface area contributed by atoms with Crippen LogP contribution in [0, 0.1) is 10.1 Å². The molecule has 1 aromatic carbocycles. The van der Waals surface area contributed by atoms with Crippen LogP contribution in [-0.2, 0) is 4.74 Å². The number of carbonyl (C=O) groups is 1. The average molecular weight is 345 g/mol. The average Bonchev–Trinajstić information content (AvgIpc) is 3.14. The fourth-order valence-corrected chi connectivity index (χ4v) is 2.85. The number of morpholine rings is 1. The molecule has 8 nitrogen and oxygen atoms in total. The molecule has 1 N–H and O–H groups in total. The fraction of sp³-hybridized carbons (Fsp3) is 0.353. The van der Waals surface area contributed by atoms with Gasteiger partial charge in [0.15, 0.2) is 5.76 Å². The van der Waals surface area contributed by atoms with Gasteiger partial charge in [-0.2, -0.15) is 0 Å². The number of amides is 1. The van der Waals surface area contributed by atoms with Crippen molar-refractivity contribution in [2.75, 3.05) is 32.8 Å². The molecule has 0 aliphatic carbocycles. The van der Waals surface area contributed by atoms with E-state index in [-0.39, 0.29) is 11.8 Å². The molecule has 1 amide bonds. The number of rotatable bonds is 6. The van der Waals surface area contributed by atoms with E-state index in [4.69, 9.17) is 9.15 Å². The number of hydrogen-bond donors (Lipinski definition) is 1. The van der Waals surface area contributed by atoms with Gasteiger partial charge in [0.1, 0.15) is 4.92 Å². The molecular formula is C17H19N3O5. The van der Waals surface area contributed by atoms with Crippen LogP contribution in [0.2, 0.25) is 0 Å². The fourth-order valence-electron chi connectivity index (χ4n) is 2.85. The summed E-state index contributed by atoms with van der Waals surface area (Å²) in [6.07, 6.45) is 0. The highest BCUT2D eigenvalue weighted by Gasteiger charge is 2.24. The van der Waals surface area contributed by atoms with E-state index >= 15 is 0 Å². The molecule has 1 saturated heterocycles. The van der Waals surface area contributed by atoms with Gasteiger partial charge in [-0.25, -0.2) is 0 Å². The van der Waals surface area contributed by atoms with Gasteiger partial charge in [0.05, 0.1) is 25.3 Å². The van der Waals surface area contributed by atoms with Gasteiger partial charge < -0.3 is 14.5 Å². The maximum Gasteiger partial charge on any atom is 0.433 e. The summed E-state index contributed by atoms with van der Waals surface area (Å²) in [6.45, 7) is 3.24. The first-order valence-electron chi connectivity index (χ1n) is 8.04. The highest BCUT2D eigenvalue weighted by Crippen LogP contribution is 2.21. The molecule has 0 bridgehead atoms. The lowest BCUT2D eigenvalue weighted by molar-refractivity contribution is -0.402. The predicted molar refractivity (Wildman–Crippen MR) is 89.3 cm³/mol. The number of nitro groups is 1. The summed E-state index contributed by atoms with van der Waals surface area (Å²) in [4.78, 5) is 24.5. The Balaban J connectivity index is 1.69. The quantitative estimate of drug-likeness (QED) is 0.635. The largest absolute Gasteiger partial charge is 0.433 e. The van der Waals surface area contributed by atoms with Crippen molar-refractivity contribution in [3.05, 3.63) is 63.9 Å². The highest BCUT2D eigenvalue weighted by atomic mass is 16.6. The molecular weight excluding hydrogens is 326 g/mol. The minimum atomic E-state index is -0.669. The van der Waals surface area contributed by atoms with Crippen molar-refractivity contribution in [1.82, 2.24) is 10.2 Å². The molecule has 2 aromatic rings. The molecule has 8 heteroatoms. The Kier molecular flexibility index (Phi) is 5.42. The van der Waals surface area contributed by atoms with E-state index in [2.05, 4.69) is 10.2 Å². The lowest BCUT2D eigenvalue weighted by Gasteiger charge is -2.34. The maximum absolute atomic E-state index is 12.2. The number of ether oxygens (including phenoxy) is 1. The van der Waals surface area contributed by atoms with Crippen molar-refractivity contribution in [3.8, 4) is 0 Å². The van der Waals surface area contributed by atoms with E-state index < -0.39 is 16.7 Å². The molecule has 25 heavy (non-hydrogen) atoms. The van der Waals surface area contributed by atoms with E-state index in [1.54, 1.807) is 0 Å². The van der Waals surface area contributed by atoms with Crippen LogP contribution in [0.4, 0.5) is 5.88 Å². The lowest BCUT2D eigenvalue weighted by atomic mass is 10.0. The van der Waals surface area contributed by atoms with Gasteiger partial charge in [0, 0.05) is 19.6 Å². The van der Waals surface area contributed by atoms with Gasteiger partial charge in [-0.05, 0) is 11.6 Å². The zero-order chi connectivity index (χ0) is 17.6. The van der Waals surface area contributed by atoms with E-state index in [1.165, 1.54) is 12.1 Å². The second-order valence-electron chi connectivity index (χ2n) is 5.68. The van der Waals surface area contributed by atoms with Gasteiger partial charge >= 0.3 is 5.88 Å². The second kappa shape index (κ2) is 7.91. The van der Waals surface area contributed by atoms with Gasteiger partial charge in [0.2, 0.25) is 0 Å². The Bertz CT molecular complexity index is 725. The molecule has 1 atom stereocenters. The first kappa shape index (κ1) is 17.1. The Morgan fingerprint density at radius 1 is 1.20 bits per heavy atom. The monoisotopic (exact) mass is 345 g/mol. The van der Waals surface area contributed by atoms with Crippen molar-refractivity contribution >= 4 is 11.8 Å². The normalized spacial score (nSPS) is 16.3. The smallest absolute Gasteiger partial charge is 0.395 e. The van der Waals surface area contributed by atoms with Gasteiger partial charge in [-0.3, -0.25) is 19.8 Å². The molecule has 1 fully saturated rings. The molecule has 1 unspecified atom stereocenters. The minimum Gasteiger partial charge on any atom is -0.395 e. The summed E-state index contributed by atoms with van der Waals surface area (Å²) in [6, 6.07) is 12.4. The molecule has 132 valence electrons. The van der Waals surface area contributed by atoms with Crippen molar-refractivity contribution in [1.29, 1.82) is 0 Å². The third-order valence-corrected chi connectivity index (χ3v) is 4.12. The Labute approximate surface area is 144 Å². The van der Waals surface area contributed by atoms with Crippen LogP contribution in [0.25, 0.3) is 0 Å². The van der Waals surface area contributed by atoms with Crippen molar-refractivity contribution in [3.63, 3.8) is 0 Å². The standard InChI is InChI=1S/C17H19N3O5/c21-17(15-6-7-16(25-15)20(22)23)18-12-14(13-4-2-1-3-5-13)19-8-10-24-11-9-19/h1-7,14H,8-12H2,(H,18,21). The summed E-state index contributed by atoms with van der Waals surface area (Å²) in [5.74, 6) is -0.985. The van der Waals surface area contributed by atoms with E-state index in [1.807, 2.05) is 30.3 Å². The molecule has 0 saturated carbocycles. The third-order valence-electron chi connectivity index (χ3n) is 4.12. The molecule has 1 aromatic heterocycles. The van der Waals surface area contributed by atoms with Crippen molar-refractivity contribution < 1.29 is 18.9 Å². The summed E-state index contributed by atoms with van der Waals surface area (Å²) in [5, 5.41) is 13.5. The summed E-state index contributed by atoms with van der Waals surface area (Å²) < 4.78 is 10.3. The number of benzene rings is 1. The van der Waals surface area contributed by atoms with Crippen LogP contribution < -0.4 is 5.32 Å². The topological polar surface area (TPSA) is 97.9 Å². The van der Waals surface area contributed by atoms with E-state index in [9.17, 15) is 14.9 Å². The Morgan fingerprint density at radius 2 is 1.92 bits per heavy atom. The summed E-state index contributed by atoms with van der Waals surface area (Å²) in [5.41, 5.74) is 1.09. The zero-order valence-electron chi connectivity index (χ0n) is 13.6. The summed E-state index contributed by atoms with van der Waals surface area (Å²) in [7, 11) is 0. The van der Waals surface area contributed by atoms with E-state index in [0.717, 1.165) is 18.7 Å². The molecule has 0 radical (unpaired) electrons. The SMILES string of the molecule is O=C(NCC(c1ccccc1)N1CCOCC1)c1ccc([N+](=O)[O-])o1. The van der Waals surface area contributed by atoms with Crippen LogP contribution in [0.1, 0.15) is 22.2 Å². The first-order chi connectivity index (χ1) is 12.1. The Hall–Kier alpha value is -2.71. The van der Waals surface area contributed by atoms with Crippen LogP contribution in [0.3, 0.4) is 0 Å². The molecule has 2 heterocycles. The van der Waals surface area contributed by atoms with Crippen LogP contribution in [-0.4, -0.2) is 48.6 Å². The molecule has 3 rings (SSSR count). The van der Waals surface area contributed by atoms with E-state index in [0.29, 0.717) is 19.8 Å². The van der Waals surface area contributed by atoms with Gasteiger partial charge in [-0.15, -0.1) is 0 Å².